The second-order valence-electron chi connectivity index (χ2n) is 7.44. The van der Waals surface area contributed by atoms with E-state index in [1.165, 1.54) is 0 Å². The van der Waals surface area contributed by atoms with Gasteiger partial charge in [0.05, 0.1) is 0 Å². The molecule has 0 aliphatic carbocycles. The Bertz CT molecular complexity index is 1000. The van der Waals surface area contributed by atoms with Gasteiger partial charge in [-0.1, -0.05) is 20.8 Å². The molecular formula is C19H21F3N2O3S. The molecule has 0 bridgehead atoms. The van der Waals surface area contributed by atoms with Crippen molar-refractivity contribution in [1.82, 2.24) is 4.72 Å². The minimum Gasteiger partial charge on any atom is -0.322 e. The van der Waals surface area contributed by atoms with Crippen LogP contribution in [-0.4, -0.2) is 20.4 Å². The first-order chi connectivity index (χ1) is 12.8. The molecule has 2 aromatic rings. The molecular weight excluding hydrogens is 393 g/mol. The first-order valence-electron chi connectivity index (χ1n) is 8.39. The van der Waals surface area contributed by atoms with E-state index in [0.29, 0.717) is 0 Å². The van der Waals surface area contributed by atoms with E-state index in [9.17, 15) is 26.4 Å². The van der Waals surface area contributed by atoms with E-state index in [-0.39, 0.29) is 11.3 Å². The number of carbonyl (C=O) groups is 1. The molecule has 0 fully saturated rings. The molecule has 0 radical (unpaired) electrons. The lowest BCUT2D eigenvalue weighted by Crippen LogP contribution is -2.41. The van der Waals surface area contributed by atoms with Crippen LogP contribution in [0.15, 0.2) is 41.3 Å². The van der Waals surface area contributed by atoms with Gasteiger partial charge in [0, 0.05) is 23.4 Å². The van der Waals surface area contributed by atoms with Crippen molar-refractivity contribution in [2.45, 2.75) is 38.6 Å². The van der Waals surface area contributed by atoms with Gasteiger partial charge in [0.1, 0.15) is 10.7 Å². The number of sulfonamides is 1. The maximum Gasteiger partial charge on any atom is 0.255 e. The highest BCUT2D eigenvalue weighted by Crippen LogP contribution is 2.23. The van der Waals surface area contributed by atoms with Gasteiger partial charge in [0.25, 0.3) is 5.91 Å². The van der Waals surface area contributed by atoms with Gasteiger partial charge in [-0.15, -0.1) is 0 Å². The van der Waals surface area contributed by atoms with E-state index >= 15 is 0 Å². The summed E-state index contributed by atoms with van der Waals surface area (Å²) in [4.78, 5) is 11.6. The van der Waals surface area contributed by atoms with Crippen LogP contribution in [0.4, 0.5) is 18.9 Å². The first-order valence-corrected chi connectivity index (χ1v) is 9.88. The SMILES string of the molecule is C[C@@H](NS(=O)(=O)c1cc(C(=O)Nc2ccc(F)c(F)c2)ccc1F)C(C)(C)C. The van der Waals surface area contributed by atoms with Crippen LogP contribution in [0.2, 0.25) is 0 Å². The normalized spacial score (nSPS) is 13.2. The van der Waals surface area contributed by atoms with Crippen molar-refractivity contribution in [3.05, 3.63) is 59.4 Å². The Hall–Kier alpha value is -2.39. The van der Waals surface area contributed by atoms with Gasteiger partial charge < -0.3 is 5.32 Å². The molecule has 2 rings (SSSR count). The Balaban J connectivity index is 2.31. The molecule has 0 unspecified atom stereocenters. The van der Waals surface area contributed by atoms with Crippen molar-refractivity contribution in [2.24, 2.45) is 5.41 Å². The molecule has 0 heterocycles. The van der Waals surface area contributed by atoms with E-state index in [0.717, 1.165) is 36.4 Å². The molecule has 0 spiro atoms. The smallest absolute Gasteiger partial charge is 0.255 e. The van der Waals surface area contributed by atoms with Crippen molar-refractivity contribution >= 4 is 21.6 Å². The fraction of sp³-hybridized carbons (Fsp3) is 0.316. The van der Waals surface area contributed by atoms with Crippen LogP contribution >= 0.6 is 0 Å². The van der Waals surface area contributed by atoms with E-state index in [1.807, 2.05) is 20.8 Å². The number of anilines is 1. The fourth-order valence-corrected chi connectivity index (χ4v) is 3.65. The number of rotatable bonds is 5. The second-order valence-corrected chi connectivity index (χ2v) is 9.12. The number of carbonyl (C=O) groups excluding carboxylic acids is 1. The Labute approximate surface area is 162 Å². The minimum atomic E-state index is -4.23. The van der Waals surface area contributed by atoms with E-state index in [1.54, 1.807) is 6.92 Å². The number of nitrogens with one attached hydrogen (secondary N) is 2. The van der Waals surface area contributed by atoms with Gasteiger partial charge in [-0.2, -0.15) is 0 Å². The maximum atomic E-state index is 14.2. The average molecular weight is 414 g/mol. The number of amides is 1. The van der Waals surface area contributed by atoms with Crippen molar-refractivity contribution in [3.63, 3.8) is 0 Å². The predicted molar refractivity (Wildman–Crippen MR) is 99.9 cm³/mol. The summed E-state index contributed by atoms with van der Waals surface area (Å²) in [6.45, 7) is 7.11. The van der Waals surface area contributed by atoms with E-state index in [2.05, 4.69) is 10.0 Å². The minimum absolute atomic E-state index is 0.0305. The summed E-state index contributed by atoms with van der Waals surface area (Å²) in [6.07, 6.45) is 0. The van der Waals surface area contributed by atoms with Crippen molar-refractivity contribution in [1.29, 1.82) is 0 Å². The zero-order valence-electron chi connectivity index (χ0n) is 15.8. The second kappa shape index (κ2) is 7.92. The summed E-state index contributed by atoms with van der Waals surface area (Å²) in [7, 11) is -4.23. The van der Waals surface area contributed by atoms with Gasteiger partial charge in [-0.25, -0.2) is 26.3 Å². The van der Waals surface area contributed by atoms with Crippen LogP contribution < -0.4 is 10.0 Å². The van der Waals surface area contributed by atoms with Gasteiger partial charge >= 0.3 is 0 Å². The molecule has 0 saturated heterocycles. The molecule has 0 aliphatic heterocycles. The largest absolute Gasteiger partial charge is 0.322 e. The highest BCUT2D eigenvalue weighted by atomic mass is 32.2. The standard InChI is InChI=1S/C19H21F3N2O3S/c1-11(19(2,3)4)24-28(26,27)17-9-12(5-7-15(17)21)18(25)23-13-6-8-14(20)16(22)10-13/h5-11,24H,1-4H3,(H,23,25)/t11-/m1/s1. The number of benzene rings is 2. The zero-order chi connectivity index (χ0) is 21.3. The average Bonchev–Trinajstić information content (AvgIpc) is 2.57. The Morgan fingerprint density at radius 2 is 1.57 bits per heavy atom. The first kappa shape index (κ1) is 21.9. The van der Waals surface area contributed by atoms with E-state index in [4.69, 9.17) is 0 Å². The molecule has 152 valence electrons. The number of hydrogen-bond donors (Lipinski definition) is 2. The third-order valence-electron chi connectivity index (χ3n) is 4.29. The highest BCUT2D eigenvalue weighted by molar-refractivity contribution is 7.89. The van der Waals surface area contributed by atoms with Crippen molar-refractivity contribution in [3.8, 4) is 0 Å². The fourth-order valence-electron chi connectivity index (χ4n) is 2.10. The van der Waals surface area contributed by atoms with Gasteiger partial charge in [0.15, 0.2) is 11.6 Å². The molecule has 0 saturated carbocycles. The molecule has 2 N–H and O–H groups in total. The number of hydrogen-bond acceptors (Lipinski definition) is 3. The Morgan fingerprint density at radius 3 is 2.14 bits per heavy atom. The summed E-state index contributed by atoms with van der Waals surface area (Å²) >= 11 is 0. The molecule has 1 amide bonds. The van der Waals surface area contributed by atoms with Crippen LogP contribution in [0, 0.1) is 22.9 Å². The monoisotopic (exact) mass is 414 g/mol. The van der Waals surface area contributed by atoms with Crippen LogP contribution in [0.3, 0.4) is 0 Å². The Kier molecular flexibility index (Phi) is 6.20. The summed E-state index contributed by atoms with van der Waals surface area (Å²) in [6, 6.07) is 5.10. The quantitative estimate of drug-likeness (QED) is 0.775. The van der Waals surface area contributed by atoms with Crippen molar-refractivity contribution in [2.75, 3.05) is 5.32 Å². The lowest BCUT2D eigenvalue weighted by Gasteiger charge is -2.27. The van der Waals surface area contributed by atoms with Gasteiger partial charge in [-0.05, 0) is 42.7 Å². The molecule has 0 aromatic heterocycles. The van der Waals surface area contributed by atoms with Crippen LogP contribution in [0.1, 0.15) is 38.1 Å². The van der Waals surface area contributed by atoms with Gasteiger partial charge in [-0.3, -0.25) is 4.79 Å². The third kappa shape index (κ3) is 5.11. The molecule has 1 atom stereocenters. The molecule has 5 nitrogen and oxygen atoms in total. The maximum absolute atomic E-state index is 14.2. The summed E-state index contributed by atoms with van der Waals surface area (Å²) in [5.41, 5.74) is -0.599. The lowest BCUT2D eigenvalue weighted by molar-refractivity contribution is 0.102. The molecule has 28 heavy (non-hydrogen) atoms. The molecule has 2 aromatic carbocycles. The molecule has 0 aliphatic rings. The zero-order valence-corrected chi connectivity index (χ0v) is 16.6. The summed E-state index contributed by atoms with van der Waals surface area (Å²) in [5.74, 6) is -4.04. The number of halogens is 3. The van der Waals surface area contributed by atoms with Crippen molar-refractivity contribution < 1.29 is 26.4 Å². The topological polar surface area (TPSA) is 75.3 Å². The summed E-state index contributed by atoms with van der Waals surface area (Å²) in [5, 5.41) is 2.31. The molecule has 9 heteroatoms. The van der Waals surface area contributed by atoms with Gasteiger partial charge in [0.2, 0.25) is 10.0 Å². The van der Waals surface area contributed by atoms with Crippen LogP contribution in [0.5, 0.6) is 0 Å². The van der Waals surface area contributed by atoms with Crippen LogP contribution in [0.25, 0.3) is 0 Å². The van der Waals surface area contributed by atoms with Crippen LogP contribution in [-0.2, 0) is 10.0 Å². The van der Waals surface area contributed by atoms with E-state index < -0.39 is 49.7 Å². The third-order valence-corrected chi connectivity index (χ3v) is 5.85. The summed E-state index contributed by atoms with van der Waals surface area (Å²) < 4.78 is 67.9. The highest BCUT2D eigenvalue weighted by Gasteiger charge is 2.28. The lowest BCUT2D eigenvalue weighted by atomic mass is 9.89. The Morgan fingerprint density at radius 1 is 0.964 bits per heavy atom. The predicted octanol–water partition coefficient (Wildman–Crippen LogP) is 4.07.